The van der Waals surface area contributed by atoms with Gasteiger partial charge < -0.3 is 9.84 Å². The molecule has 5 rings (SSSR count). The second-order valence-corrected chi connectivity index (χ2v) is 7.51. The Hall–Kier alpha value is -2.68. The summed E-state index contributed by atoms with van der Waals surface area (Å²) in [4.78, 5) is 8.80. The van der Waals surface area contributed by atoms with Crippen LogP contribution in [0.1, 0.15) is 30.0 Å². The first kappa shape index (κ1) is 17.4. The number of benzene rings is 1. The van der Waals surface area contributed by atoms with Crippen molar-refractivity contribution in [3.8, 4) is 17.0 Å². The highest BCUT2D eigenvalue weighted by atomic mass is 19.4. The maximum atomic E-state index is 12.9. The number of aryl methyl sites for hydroxylation is 1. The minimum Gasteiger partial charge on any atom is -0.507 e. The van der Waals surface area contributed by atoms with Gasteiger partial charge in [-0.2, -0.15) is 18.3 Å². The number of halogens is 3. The van der Waals surface area contributed by atoms with Crippen molar-refractivity contribution in [1.29, 1.82) is 0 Å². The van der Waals surface area contributed by atoms with Crippen molar-refractivity contribution in [2.75, 3.05) is 6.61 Å². The van der Waals surface area contributed by atoms with E-state index < -0.39 is 17.5 Å². The van der Waals surface area contributed by atoms with Gasteiger partial charge in [-0.25, -0.2) is 9.97 Å². The normalized spacial score (nSPS) is 24.4. The van der Waals surface area contributed by atoms with Crippen molar-refractivity contribution in [2.24, 2.45) is 5.92 Å². The molecule has 0 radical (unpaired) electrons. The number of alkyl halides is 3. The molecule has 1 aliphatic heterocycles. The van der Waals surface area contributed by atoms with Gasteiger partial charge in [0.05, 0.1) is 42.4 Å². The van der Waals surface area contributed by atoms with E-state index in [9.17, 15) is 18.3 Å². The van der Waals surface area contributed by atoms with Gasteiger partial charge in [-0.05, 0) is 37.5 Å². The Morgan fingerprint density at radius 2 is 2.07 bits per heavy atom. The predicted molar refractivity (Wildman–Crippen MR) is 93.7 cm³/mol. The lowest BCUT2D eigenvalue weighted by Gasteiger charge is -2.21. The van der Waals surface area contributed by atoms with Gasteiger partial charge in [0.25, 0.3) is 0 Å². The average molecular weight is 390 g/mol. The number of aromatic hydroxyl groups is 1. The summed E-state index contributed by atoms with van der Waals surface area (Å²) in [5, 5.41) is 14.7. The van der Waals surface area contributed by atoms with Crippen molar-refractivity contribution < 1.29 is 23.0 Å². The molecular formula is C19H17F3N4O2. The van der Waals surface area contributed by atoms with Gasteiger partial charge in [0.1, 0.15) is 11.3 Å². The molecule has 0 unspecified atom stereocenters. The van der Waals surface area contributed by atoms with Crippen molar-refractivity contribution >= 4 is 11.2 Å². The van der Waals surface area contributed by atoms with Crippen LogP contribution in [0.3, 0.4) is 0 Å². The molecule has 146 valence electrons. The molecule has 2 bridgehead atoms. The third kappa shape index (κ3) is 2.72. The summed E-state index contributed by atoms with van der Waals surface area (Å²) in [5.74, 6) is -0.0503. The van der Waals surface area contributed by atoms with Gasteiger partial charge in [-0.15, -0.1) is 0 Å². The van der Waals surface area contributed by atoms with E-state index in [1.807, 2.05) is 10.9 Å². The topological polar surface area (TPSA) is 73.1 Å². The van der Waals surface area contributed by atoms with Gasteiger partial charge >= 0.3 is 6.18 Å². The number of ether oxygens (including phenoxy) is 1. The standard InChI is InChI=1S/C19H17F3N4O2/c1-9-2-11(19(20,21)22)4-16(27)17(9)13-6-23-14-7-26(25-18(14)24-13)15-5-12-3-10(15)8-28-12/h2,4,6-7,10,12,15,27H,3,5,8H2,1H3/t10-,12-,15+/m0/s1. The Balaban J connectivity index is 1.54. The van der Waals surface area contributed by atoms with Crippen molar-refractivity contribution in [3.63, 3.8) is 0 Å². The number of nitrogens with zero attached hydrogens (tertiary/aromatic N) is 4. The molecule has 3 heterocycles. The van der Waals surface area contributed by atoms with E-state index >= 15 is 0 Å². The highest BCUT2D eigenvalue weighted by molar-refractivity contribution is 5.77. The predicted octanol–water partition coefficient (Wildman–Crippen LogP) is 3.88. The van der Waals surface area contributed by atoms with Gasteiger partial charge in [-0.3, -0.25) is 4.68 Å². The Morgan fingerprint density at radius 3 is 2.71 bits per heavy atom. The average Bonchev–Trinajstić information content (AvgIpc) is 3.34. The van der Waals surface area contributed by atoms with Crippen LogP contribution in [0.25, 0.3) is 22.4 Å². The van der Waals surface area contributed by atoms with Crippen LogP contribution in [0.4, 0.5) is 13.2 Å². The summed E-state index contributed by atoms with van der Waals surface area (Å²) in [6, 6.07) is 1.95. The fraction of sp³-hybridized carbons (Fsp3) is 0.421. The van der Waals surface area contributed by atoms with Gasteiger partial charge in [0.15, 0.2) is 5.65 Å². The van der Waals surface area contributed by atoms with Gasteiger partial charge in [0, 0.05) is 11.5 Å². The smallest absolute Gasteiger partial charge is 0.416 e. The highest BCUT2D eigenvalue weighted by Crippen LogP contribution is 2.43. The fourth-order valence-electron chi connectivity index (χ4n) is 4.32. The largest absolute Gasteiger partial charge is 0.507 e. The van der Waals surface area contributed by atoms with Crippen LogP contribution >= 0.6 is 0 Å². The van der Waals surface area contributed by atoms with Crippen LogP contribution in [0.5, 0.6) is 5.75 Å². The molecule has 3 atom stereocenters. The van der Waals surface area contributed by atoms with Crippen LogP contribution in [-0.2, 0) is 10.9 Å². The van der Waals surface area contributed by atoms with Crippen molar-refractivity contribution in [3.05, 3.63) is 35.7 Å². The summed E-state index contributed by atoms with van der Waals surface area (Å²) in [5.41, 5.74) is 0.896. The number of hydrogen-bond donors (Lipinski definition) is 1. The Morgan fingerprint density at radius 1 is 1.25 bits per heavy atom. The first-order valence-corrected chi connectivity index (χ1v) is 9.04. The lowest BCUT2D eigenvalue weighted by molar-refractivity contribution is -0.137. The molecule has 28 heavy (non-hydrogen) atoms. The first-order chi connectivity index (χ1) is 13.3. The monoisotopic (exact) mass is 390 g/mol. The van der Waals surface area contributed by atoms with E-state index in [0.29, 0.717) is 23.1 Å². The van der Waals surface area contributed by atoms with Crippen LogP contribution in [0.2, 0.25) is 0 Å². The molecule has 1 saturated carbocycles. The van der Waals surface area contributed by atoms with Crippen LogP contribution < -0.4 is 0 Å². The first-order valence-electron chi connectivity index (χ1n) is 9.04. The van der Waals surface area contributed by atoms with Crippen molar-refractivity contribution in [1.82, 2.24) is 19.7 Å². The summed E-state index contributed by atoms with van der Waals surface area (Å²) in [7, 11) is 0. The van der Waals surface area contributed by atoms with E-state index in [4.69, 9.17) is 4.74 Å². The fourth-order valence-corrected chi connectivity index (χ4v) is 4.32. The van der Waals surface area contributed by atoms with Crippen molar-refractivity contribution in [2.45, 2.75) is 38.1 Å². The summed E-state index contributed by atoms with van der Waals surface area (Å²) in [6.07, 6.45) is 0.991. The van der Waals surface area contributed by atoms with E-state index in [0.717, 1.165) is 25.5 Å². The minimum atomic E-state index is -4.53. The van der Waals surface area contributed by atoms with E-state index in [1.165, 1.54) is 13.1 Å². The number of phenolic OH excluding ortho intramolecular Hbond substituents is 1. The number of hydrogen-bond acceptors (Lipinski definition) is 5. The number of phenols is 1. The molecular weight excluding hydrogens is 373 g/mol. The second-order valence-electron chi connectivity index (χ2n) is 7.51. The minimum absolute atomic E-state index is 0.227. The maximum Gasteiger partial charge on any atom is 0.416 e. The number of fused-ring (bicyclic) bond motifs is 3. The zero-order valence-corrected chi connectivity index (χ0v) is 14.9. The molecule has 1 N–H and O–H groups in total. The second kappa shape index (κ2) is 5.91. The van der Waals surface area contributed by atoms with Gasteiger partial charge in [0.2, 0.25) is 0 Å². The SMILES string of the molecule is Cc1cc(C(F)(F)F)cc(O)c1-c1cnc2cn([C@@H]3C[C@@H]4C[C@H]3CO4)nc2n1. The number of rotatable bonds is 2. The lowest BCUT2D eigenvalue weighted by atomic mass is 10.0. The van der Waals surface area contributed by atoms with Crippen LogP contribution in [0, 0.1) is 12.8 Å². The quantitative estimate of drug-likeness (QED) is 0.719. The molecule has 1 aromatic carbocycles. The zero-order chi connectivity index (χ0) is 19.6. The highest BCUT2D eigenvalue weighted by Gasteiger charge is 2.42. The van der Waals surface area contributed by atoms with Crippen LogP contribution in [-0.4, -0.2) is 37.6 Å². The molecule has 9 heteroatoms. The summed E-state index contributed by atoms with van der Waals surface area (Å²) >= 11 is 0. The summed E-state index contributed by atoms with van der Waals surface area (Å²) < 4.78 is 46.3. The molecule has 3 aromatic rings. The molecule has 2 aromatic heterocycles. The molecule has 1 aliphatic carbocycles. The Labute approximate surface area is 158 Å². The zero-order valence-electron chi connectivity index (χ0n) is 14.9. The molecule has 2 aliphatic rings. The molecule has 6 nitrogen and oxygen atoms in total. The summed E-state index contributed by atoms with van der Waals surface area (Å²) in [6.45, 7) is 2.24. The van der Waals surface area contributed by atoms with Gasteiger partial charge in [-0.1, -0.05) is 0 Å². The van der Waals surface area contributed by atoms with Crippen LogP contribution in [0.15, 0.2) is 24.5 Å². The molecule has 2 fully saturated rings. The maximum absolute atomic E-state index is 12.9. The van der Waals surface area contributed by atoms with E-state index in [2.05, 4.69) is 15.1 Å². The molecule has 0 amide bonds. The Kier molecular flexibility index (Phi) is 3.67. The third-order valence-electron chi connectivity index (χ3n) is 5.64. The van der Waals surface area contributed by atoms with E-state index in [1.54, 1.807) is 0 Å². The molecule has 1 saturated heterocycles. The Bertz CT molecular complexity index is 1060. The van der Waals surface area contributed by atoms with E-state index in [-0.39, 0.29) is 29.0 Å². The molecule has 0 spiro atoms. The third-order valence-corrected chi connectivity index (χ3v) is 5.64. The lowest BCUT2D eigenvalue weighted by Crippen LogP contribution is -2.21. The number of aromatic nitrogens is 4.